The molecule has 0 amide bonds. The van der Waals surface area contributed by atoms with Gasteiger partial charge in [0.25, 0.3) is 0 Å². The summed E-state index contributed by atoms with van der Waals surface area (Å²) in [4.78, 5) is 15.3. The molecule has 15 heavy (non-hydrogen) atoms. The minimum atomic E-state index is -0.311. The summed E-state index contributed by atoms with van der Waals surface area (Å²) >= 11 is 3.81. The molecule has 0 spiro atoms. The molecule has 1 heterocycles. The highest BCUT2D eigenvalue weighted by Crippen LogP contribution is 2.22. The van der Waals surface area contributed by atoms with Gasteiger partial charge in [-0.15, -0.1) is 0 Å². The first kappa shape index (κ1) is 9.93. The maximum atomic E-state index is 11.2. The van der Waals surface area contributed by atoms with Crippen molar-refractivity contribution in [1.82, 2.24) is 4.98 Å². The van der Waals surface area contributed by atoms with Gasteiger partial charge >= 0.3 is 0 Å². The van der Waals surface area contributed by atoms with Crippen molar-refractivity contribution in [3.63, 3.8) is 0 Å². The summed E-state index contributed by atoms with van der Waals surface area (Å²) in [7, 11) is 0. The van der Waals surface area contributed by atoms with Crippen molar-refractivity contribution in [1.29, 1.82) is 0 Å². The standard InChI is InChI=1S/C12H9NOS/c14-12(15)11-10(7-4-8-13-11)9-5-2-1-3-6-9/h1-8H,(H,14,15). The third-order valence-electron chi connectivity index (χ3n) is 2.10. The SMILES string of the molecule is O=C(S)c1ncccc1-c1ccccc1. The maximum Gasteiger partial charge on any atom is 0.235 e. The van der Waals surface area contributed by atoms with Gasteiger partial charge < -0.3 is 0 Å². The van der Waals surface area contributed by atoms with E-state index in [0.717, 1.165) is 11.1 Å². The van der Waals surface area contributed by atoms with Crippen LogP contribution >= 0.6 is 12.6 Å². The quantitative estimate of drug-likeness (QED) is 0.781. The molecule has 0 aliphatic heterocycles. The molecule has 0 bridgehead atoms. The third kappa shape index (κ3) is 2.07. The summed E-state index contributed by atoms with van der Waals surface area (Å²) in [6, 6.07) is 13.3. The number of thiol groups is 1. The molecular formula is C12H9NOS. The molecule has 0 saturated heterocycles. The fourth-order valence-corrected chi connectivity index (χ4v) is 1.60. The zero-order valence-corrected chi connectivity index (χ0v) is 8.82. The van der Waals surface area contributed by atoms with Crippen molar-refractivity contribution in [2.75, 3.05) is 0 Å². The normalized spacial score (nSPS) is 9.93. The zero-order chi connectivity index (χ0) is 10.7. The van der Waals surface area contributed by atoms with E-state index in [1.807, 2.05) is 42.5 Å². The second-order valence-electron chi connectivity index (χ2n) is 3.07. The smallest absolute Gasteiger partial charge is 0.235 e. The number of nitrogens with zero attached hydrogens (tertiary/aromatic N) is 1. The van der Waals surface area contributed by atoms with Crippen molar-refractivity contribution in [3.8, 4) is 11.1 Å². The molecule has 0 unspecified atom stereocenters. The molecule has 0 fully saturated rings. The van der Waals surface area contributed by atoms with E-state index in [0.29, 0.717) is 5.69 Å². The highest BCUT2D eigenvalue weighted by Gasteiger charge is 2.09. The number of benzene rings is 1. The van der Waals surface area contributed by atoms with Crippen molar-refractivity contribution in [3.05, 3.63) is 54.4 Å². The van der Waals surface area contributed by atoms with E-state index in [-0.39, 0.29) is 5.12 Å². The number of pyridine rings is 1. The Balaban J connectivity index is 2.58. The van der Waals surface area contributed by atoms with Gasteiger partial charge in [0.2, 0.25) is 5.12 Å². The van der Waals surface area contributed by atoms with Gasteiger partial charge in [-0.3, -0.25) is 9.78 Å². The van der Waals surface area contributed by atoms with E-state index < -0.39 is 0 Å². The fourth-order valence-electron chi connectivity index (χ4n) is 1.43. The second kappa shape index (κ2) is 4.28. The van der Waals surface area contributed by atoms with Crippen LogP contribution in [0.3, 0.4) is 0 Å². The van der Waals surface area contributed by atoms with E-state index in [9.17, 15) is 4.79 Å². The molecule has 1 aromatic heterocycles. The van der Waals surface area contributed by atoms with Crippen LogP contribution in [0.2, 0.25) is 0 Å². The van der Waals surface area contributed by atoms with Gasteiger partial charge in [0, 0.05) is 11.8 Å². The van der Waals surface area contributed by atoms with Crippen molar-refractivity contribution >= 4 is 17.7 Å². The lowest BCUT2D eigenvalue weighted by atomic mass is 10.0. The van der Waals surface area contributed by atoms with E-state index in [1.165, 1.54) is 0 Å². The Kier molecular flexibility index (Phi) is 2.83. The van der Waals surface area contributed by atoms with Gasteiger partial charge in [-0.2, -0.15) is 0 Å². The molecule has 0 aliphatic rings. The first-order valence-electron chi connectivity index (χ1n) is 4.53. The Labute approximate surface area is 93.4 Å². The maximum absolute atomic E-state index is 11.2. The zero-order valence-electron chi connectivity index (χ0n) is 7.92. The molecule has 0 radical (unpaired) electrons. The molecule has 74 valence electrons. The number of carbonyl (C=O) groups excluding carboxylic acids is 1. The topological polar surface area (TPSA) is 30.0 Å². The molecule has 0 saturated carbocycles. The van der Waals surface area contributed by atoms with Crippen LogP contribution in [-0.2, 0) is 0 Å². The van der Waals surface area contributed by atoms with Crippen LogP contribution < -0.4 is 0 Å². The Bertz CT molecular complexity index is 482. The van der Waals surface area contributed by atoms with Crippen LogP contribution in [0.25, 0.3) is 11.1 Å². The average Bonchev–Trinajstić information content (AvgIpc) is 2.30. The number of hydrogen-bond acceptors (Lipinski definition) is 2. The van der Waals surface area contributed by atoms with Gasteiger partial charge in [-0.1, -0.05) is 49.0 Å². The summed E-state index contributed by atoms with van der Waals surface area (Å²) in [5, 5.41) is -0.311. The largest absolute Gasteiger partial charge is 0.280 e. The molecule has 3 heteroatoms. The molecule has 2 nitrogen and oxygen atoms in total. The van der Waals surface area contributed by atoms with E-state index in [1.54, 1.807) is 6.20 Å². The van der Waals surface area contributed by atoms with Crippen molar-refractivity contribution in [2.45, 2.75) is 0 Å². The summed E-state index contributed by atoms with van der Waals surface area (Å²) in [6.07, 6.45) is 1.59. The number of hydrogen-bond donors (Lipinski definition) is 1. The molecule has 2 rings (SSSR count). The van der Waals surface area contributed by atoms with Crippen LogP contribution in [0.1, 0.15) is 10.5 Å². The molecular weight excluding hydrogens is 206 g/mol. The van der Waals surface area contributed by atoms with Gasteiger partial charge in [-0.05, 0) is 11.6 Å². The second-order valence-corrected chi connectivity index (χ2v) is 3.48. The van der Waals surface area contributed by atoms with Crippen molar-refractivity contribution < 1.29 is 4.79 Å². The lowest BCUT2D eigenvalue weighted by Crippen LogP contribution is -1.96. The Morgan fingerprint density at radius 1 is 1.07 bits per heavy atom. The van der Waals surface area contributed by atoms with E-state index >= 15 is 0 Å². The first-order valence-corrected chi connectivity index (χ1v) is 4.97. The third-order valence-corrected chi connectivity index (χ3v) is 2.31. The van der Waals surface area contributed by atoms with Gasteiger partial charge in [0.1, 0.15) is 5.69 Å². The lowest BCUT2D eigenvalue weighted by Gasteiger charge is -2.04. The van der Waals surface area contributed by atoms with Crippen LogP contribution in [0, 0.1) is 0 Å². The number of rotatable bonds is 2. The van der Waals surface area contributed by atoms with Crippen LogP contribution in [-0.4, -0.2) is 10.1 Å². The van der Waals surface area contributed by atoms with Gasteiger partial charge in [-0.25, -0.2) is 0 Å². The molecule has 2 aromatic rings. The number of carbonyl (C=O) groups is 1. The van der Waals surface area contributed by atoms with E-state index in [2.05, 4.69) is 17.6 Å². The minimum absolute atomic E-state index is 0.311. The Hall–Kier alpha value is -1.61. The predicted molar refractivity (Wildman–Crippen MR) is 63.0 cm³/mol. The van der Waals surface area contributed by atoms with Gasteiger partial charge in [0.05, 0.1) is 0 Å². The minimum Gasteiger partial charge on any atom is -0.280 e. The van der Waals surface area contributed by atoms with Crippen molar-refractivity contribution in [2.24, 2.45) is 0 Å². The highest BCUT2D eigenvalue weighted by atomic mass is 32.1. The summed E-state index contributed by atoms with van der Waals surface area (Å²) in [5.41, 5.74) is 2.19. The predicted octanol–water partition coefficient (Wildman–Crippen LogP) is 2.82. The average molecular weight is 215 g/mol. The molecule has 1 aromatic carbocycles. The monoisotopic (exact) mass is 215 g/mol. The van der Waals surface area contributed by atoms with E-state index in [4.69, 9.17) is 0 Å². The molecule has 0 atom stereocenters. The van der Waals surface area contributed by atoms with Crippen LogP contribution in [0.5, 0.6) is 0 Å². The summed E-state index contributed by atoms with van der Waals surface area (Å²) in [5.74, 6) is 0. The fraction of sp³-hybridized carbons (Fsp3) is 0. The first-order chi connectivity index (χ1) is 7.29. The van der Waals surface area contributed by atoms with Gasteiger partial charge in [0.15, 0.2) is 0 Å². The van der Waals surface area contributed by atoms with Crippen LogP contribution in [0.15, 0.2) is 48.7 Å². The highest BCUT2D eigenvalue weighted by molar-refractivity contribution is 7.97. The Morgan fingerprint density at radius 3 is 2.47 bits per heavy atom. The summed E-state index contributed by atoms with van der Waals surface area (Å²) < 4.78 is 0. The Morgan fingerprint density at radius 2 is 1.80 bits per heavy atom. The summed E-state index contributed by atoms with van der Waals surface area (Å²) in [6.45, 7) is 0. The molecule has 0 aliphatic carbocycles. The molecule has 0 N–H and O–H groups in total. The van der Waals surface area contributed by atoms with Crippen LogP contribution in [0.4, 0.5) is 0 Å². The number of aromatic nitrogens is 1. The lowest BCUT2D eigenvalue weighted by molar-refractivity contribution is 0.108.